The number of rotatable bonds is 4. The molecule has 5 heteroatoms. The Kier molecular flexibility index (Phi) is 5.17. The van der Waals surface area contributed by atoms with Crippen LogP contribution in [0.15, 0.2) is 6.07 Å². The van der Waals surface area contributed by atoms with Gasteiger partial charge in [0.15, 0.2) is 0 Å². The van der Waals surface area contributed by atoms with Crippen LogP contribution in [0.5, 0.6) is 0 Å². The number of ether oxygens (including phenoxy) is 1. The molecule has 0 N–H and O–H groups in total. The summed E-state index contributed by atoms with van der Waals surface area (Å²) in [5, 5.41) is 0. The molecule has 1 amide bonds. The molecule has 0 saturated carbocycles. The van der Waals surface area contributed by atoms with E-state index in [1.54, 1.807) is 23.3 Å². The Morgan fingerprint density at radius 3 is 2.80 bits per heavy atom. The zero-order chi connectivity index (χ0) is 14.5. The Hall–Kier alpha value is -1.36. The highest BCUT2D eigenvalue weighted by Gasteiger charge is 2.19. The van der Waals surface area contributed by atoms with Gasteiger partial charge in [0.1, 0.15) is 0 Å². The largest absolute Gasteiger partial charge is 0.469 e. The van der Waals surface area contributed by atoms with Crippen molar-refractivity contribution in [3.05, 3.63) is 21.4 Å². The summed E-state index contributed by atoms with van der Waals surface area (Å²) in [6, 6.07) is 2.04. The van der Waals surface area contributed by atoms with Crippen LogP contribution in [0, 0.1) is 0 Å². The number of carbonyl (C=O) groups is 2. The van der Waals surface area contributed by atoms with E-state index in [1.165, 1.54) is 36.8 Å². The standard InChI is InChI=1S/C15H21NO3S/c1-16(9-8-14(17)19-2)15(18)13-10-11-6-4-3-5-7-12(11)20-13/h10H,3-9H2,1-2H3. The van der Waals surface area contributed by atoms with E-state index < -0.39 is 0 Å². The average molecular weight is 295 g/mol. The third-order valence-corrected chi connectivity index (χ3v) is 4.91. The van der Waals surface area contributed by atoms with Crippen LogP contribution in [0.2, 0.25) is 0 Å². The molecule has 1 aromatic rings. The van der Waals surface area contributed by atoms with Gasteiger partial charge in [0, 0.05) is 18.5 Å². The van der Waals surface area contributed by atoms with Crippen LogP contribution in [0.25, 0.3) is 0 Å². The number of amides is 1. The molecule has 1 aromatic heterocycles. The summed E-state index contributed by atoms with van der Waals surface area (Å²) in [5.74, 6) is -0.279. The Morgan fingerprint density at radius 2 is 2.05 bits per heavy atom. The molecule has 110 valence electrons. The van der Waals surface area contributed by atoms with E-state index in [2.05, 4.69) is 4.74 Å². The van der Waals surface area contributed by atoms with Crippen molar-refractivity contribution >= 4 is 23.2 Å². The molecule has 1 aliphatic carbocycles. The van der Waals surface area contributed by atoms with Gasteiger partial charge in [-0.25, -0.2) is 0 Å². The number of hydrogen-bond acceptors (Lipinski definition) is 4. The second-order valence-electron chi connectivity index (χ2n) is 5.17. The minimum atomic E-state index is -0.286. The van der Waals surface area contributed by atoms with Crippen LogP contribution >= 0.6 is 11.3 Å². The summed E-state index contributed by atoms with van der Waals surface area (Å²) in [6.07, 6.45) is 6.15. The fourth-order valence-electron chi connectivity index (χ4n) is 2.42. The normalized spacial score (nSPS) is 14.3. The molecule has 0 bridgehead atoms. The maximum absolute atomic E-state index is 12.3. The molecular formula is C15H21NO3S. The molecule has 2 rings (SSSR count). The van der Waals surface area contributed by atoms with Crippen molar-refractivity contribution in [2.75, 3.05) is 20.7 Å². The first-order valence-electron chi connectivity index (χ1n) is 7.05. The molecule has 0 atom stereocenters. The first kappa shape index (κ1) is 15.0. The molecule has 1 aliphatic rings. The number of esters is 1. The summed E-state index contributed by atoms with van der Waals surface area (Å²) in [5.41, 5.74) is 1.34. The Morgan fingerprint density at radius 1 is 1.30 bits per heavy atom. The van der Waals surface area contributed by atoms with Gasteiger partial charge in [-0.15, -0.1) is 11.3 Å². The molecule has 0 aromatic carbocycles. The lowest BCUT2D eigenvalue weighted by molar-refractivity contribution is -0.140. The third-order valence-electron chi connectivity index (χ3n) is 3.68. The van der Waals surface area contributed by atoms with Crippen LogP contribution in [0.4, 0.5) is 0 Å². The summed E-state index contributed by atoms with van der Waals surface area (Å²) in [6.45, 7) is 0.397. The fourth-order valence-corrected chi connectivity index (χ4v) is 3.67. The average Bonchev–Trinajstić information content (AvgIpc) is 2.74. The van der Waals surface area contributed by atoms with E-state index in [4.69, 9.17) is 0 Å². The van der Waals surface area contributed by atoms with Gasteiger partial charge < -0.3 is 9.64 Å². The fraction of sp³-hybridized carbons (Fsp3) is 0.600. The zero-order valence-corrected chi connectivity index (χ0v) is 12.9. The predicted molar refractivity (Wildman–Crippen MR) is 79.2 cm³/mol. The maximum atomic E-state index is 12.3. The maximum Gasteiger partial charge on any atom is 0.307 e. The summed E-state index contributed by atoms with van der Waals surface area (Å²) < 4.78 is 4.59. The number of fused-ring (bicyclic) bond motifs is 1. The summed E-state index contributed by atoms with van der Waals surface area (Å²) in [7, 11) is 3.09. The Bertz CT molecular complexity index is 472. The molecule has 0 spiro atoms. The predicted octanol–water partition coefficient (Wildman–Crippen LogP) is 2.65. The minimum Gasteiger partial charge on any atom is -0.469 e. The number of carbonyl (C=O) groups excluding carboxylic acids is 2. The van der Waals surface area contributed by atoms with E-state index in [-0.39, 0.29) is 18.3 Å². The number of aryl methyl sites for hydroxylation is 2. The molecular weight excluding hydrogens is 274 g/mol. The molecule has 1 heterocycles. The molecule has 0 radical (unpaired) electrons. The van der Waals surface area contributed by atoms with Gasteiger partial charge in [-0.05, 0) is 37.3 Å². The van der Waals surface area contributed by atoms with E-state index >= 15 is 0 Å². The van der Waals surface area contributed by atoms with Crippen LogP contribution in [-0.4, -0.2) is 37.5 Å². The summed E-state index contributed by atoms with van der Waals surface area (Å²) >= 11 is 1.62. The lowest BCUT2D eigenvalue weighted by Crippen LogP contribution is -2.28. The van der Waals surface area contributed by atoms with E-state index in [0.29, 0.717) is 6.54 Å². The van der Waals surface area contributed by atoms with Gasteiger partial charge >= 0.3 is 5.97 Å². The SMILES string of the molecule is COC(=O)CCN(C)C(=O)c1cc2c(s1)CCCCC2. The highest BCUT2D eigenvalue weighted by molar-refractivity contribution is 7.14. The topological polar surface area (TPSA) is 46.6 Å². The van der Waals surface area contributed by atoms with Crippen molar-refractivity contribution < 1.29 is 14.3 Å². The monoisotopic (exact) mass is 295 g/mol. The van der Waals surface area contributed by atoms with Gasteiger partial charge in [-0.1, -0.05) is 6.42 Å². The number of methoxy groups -OCH3 is 1. The lowest BCUT2D eigenvalue weighted by atomic mass is 10.1. The molecule has 0 unspecified atom stereocenters. The smallest absolute Gasteiger partial charge is 0.307 e. The van der Waals surface area contributed by atoms with Gasteiger partial charge in [-0.3, -0.25) is 9.59 Å². The number of hydrogen-bond donors (Lipinski definition) is 0. The Labute approximate surface area is 123 Å². The first-order valence-corrected chi connectivity index (χ1v) is 7.87. The van der Waals surface area contributed by atoms with Crippen molar-refractivity contribution in [3.63, 3.8) is 0 Å². The summed E-state index contributed by atoms with van der Waals surface area (Å²) in [4.78, 5) is 27.2. The van der Waals surface area contributed by atoms with Gasteiger partial charge in [0.05, 0.1) is 18.4 Å². The first-order chi connectivity index (χ1) is 9.61. The minimum absolute atomic E-state index is 0.00646. The van der Waals surface area contributed by atoms with Gasteiger partial charge in [0.25, 0.3) is 5.91 Å². The van der Waals surface area contributed by atoms with Crippen LogP contribution in [0.1, 0.15) is 45.8 Å². The molecule has 20 heavy (non-hydrogen) atoms. The van der Waals surface area contributed by atoms with Crippen molar-refractivity contribution in [3.8, 4) is 0 Å². The van der Waals surface area contributed by atoms with Gasteiger partial charge in [0.2, 0.25) is 0 Å². The number of thiophene rings is 1. The van der Waals surface area contributed by atoms with Crippen molar-refractivity contribution in [2.24, 2.45) is 0 Å². The highest BCUT2D eigenvalue weighted by atomic mass is 32.1. The highest BCUT2D eigenvalue weighted by Crippen LogP contribution is 2.29. The van der Waals surface area contributed by atoms with Gasteiger partial charge in [-0.2, -0.15) is 0 Å². The van der Waals surface area contributed by atoms with Crippen molar-refractivity contribution in [2.45, 2.75) is 38.5 Å². The molecule has 0 fully saturated rings. The second-order valence-corrected chi connectivity index (χ2v) is 6.31. The van der Waals surface area contributed by atoms with Crippen LogP contribution < -0.4 is 0 Å². The van der Waals surface area contributed by atoms with E-state index in [9.17, 15) is 9.59 Å². The van der Waals surface area contributed by atoms with Crippen LogP contribution in [0.3, 0.4) is 0 Å². The number of nitrogens with zero attached hydrogens (tertiary/aromatic N) is 1. The molecule has 0 aliphatic heterocycles. The Balaban J connectivity index is 2.00. The third kappa shape index (κ3) is 3.60. The molecule has 4 nitrogen and oxygen atoms in total. The quantitative estimate of drug-likeness (QED) is 0.634. The van der Waals surface area contributed by atoms with Crippen molar-refractivity contribution in [1.82, 2.24) is 4.90 Å². The molecule has 0 saturated heterocycles. The van der Waals surface area contributed by atoms with E-state index in [1.807, 2.05) is 6.07 Å². The van der Waals surface area contributed by atoms with Crippen molar-refractivity contribution in [1.29, 1.82) is 0 Å². The second kappa shape index (κ2) is 6.88. The van der Waals surface area contributed by atoms with E-state index in [0.717, 1.165) is 17.7 Å². The van der Waals surface area contributed by atoms with Crippen LogP contribution in [-0.2, 0) is 22.4 Å². The zero-order valence-electron chi connectivity index (χ0n) is 12.1. The lowest BCUT2D eigenvalue weighted by Gasteiger charge is -2.15.